The maximum atomic E-state index is 13.7. The summed E-state index contributed by atoms with van der Waals surface area (Å²) in [6.07, 6.45) is 7.10. The molecule has 1 heterocycles. The van der Waals surface area contributed by atoms with Gasteiger partial charge in [0, 0.05) is 22.7 Å². The first kappa shape index (κ1) is 23.6. The van der Waals surface area contributed by atoms with Gasteiger partial charge < -0.3 is 9.84 Å². The Morgan fingerprint density at radius 2 is 1.59 bits per heavy atom. The highest BCUT2D eigenvalue weighted by molar-refractivity contribution is 6.05. The molecule has 0 aromatic carbocycles. The molecule has 190 valence electrons. The van der Waals surface area contributed by atoms with E-state index in [4.69, 9.17) is 4.74 Å². The topological polar surface area (TPSA) is 63.6 Å². The van der Waals surface area contributed by atoms with E-state index in [0.29, 0.717) is 17.9 Å². The summed E-state index contributed by atoms with van der Waals surface area (Å²) in [5, 5.41) is 12.1. The fraction of sp³-hybridized carbons (Fsp3) is 0.933. The SMILES string of the molecule is CC1C(=O)CC(=O)C2C3(C)CCC4(C)C5CC(C)(C)CCC5(C)CC(O)C4(C)C3C3CC12CO3. The van der Waals surface area contributed by atoms with Crippen molar-refractivity contribution in [3.63, 3.8) is 0 Å². The van der Waals surface area contributed by atoms with Crippen LogP contribution >= 0.6 is 0 Å². The Hall–Kier alpha value is -0.740. The van der Waals surface area contributed by atoms with Crippen molar-refractivity contribution in [3.8, 4) is 0 Å². The van der Waals surface area contributed by atoms with Crippen molar-refractivity contribution >= 4 is 11.6 Å². The highest BCUT2D eigenvalue weighted by Gasteiger charge is 2.78. The van der Waals surface area contributed by atoms with Crippen molar-refractivity contribution in [2.45, 2.75) is 112 Å². The van der Waals surface area contributed by atoms with Crippen LogP contribution < -0.4 is 0 Å². The Morgan fingerprint density at radius 1 is 0.882 bits per heavy atom. The number of carbonyl (C=O) groups excluding carboxylic acids is 2. The van der Waals surface area contributed by atoms with E-state index < -0.39 is 0 Å². The maximum Gasteiger partial charge on any atom is 0.144 e. The second kappa shape index (κ2) is 6.57. The van der Waals surface area contributed by atoms with E-state index >= 15 is 0 Å². The zero-order valence-corrected chi connectivity index (χ0v) is 22.5. The molecule has 4 nitrogen and oxygen atoms in total. The first-order valence-electron chi connectivity index (χ1n) is 14.0. The number of ketones is 2. The van der Waals surface area contributed by atoms with Gasteiger partial charge in [0.05, 0.1) is 25.2 Å². The fourth-order valence-corrected chi connectivity index (χ4v) is 11.7. The van der Waals surface area contributed by atoms with Gasteiger partial charge >= 0.3 is 0 Å². The molecule has 6 fully saturated rings. The molecule has 1 aliphatic heterocycles. The fourth-order valence-electron chi connectivity index (χ4n) is 11.7. The number of hydrogen-bond acceptors (Lipinski definition) is 4. The Bertz CT molecular complexity index is 955. The summed E-state index contributed by atoms with van der Waals surface area (Å²) in [6, 6.07) is 0. The molecule has 1 N–H and O–H groups in total. The van der Waals surface area contributed by atoms with Gasteiger partial charge in [-0.2, -0.15) is 0 Å². The molecular formula is C30H46O4. The van der Waals surface area contributed by atoms with E-state index in [1.54, 1.807) is 0 Å². The van der Waals surface area contributed by atoms with Crippen molar-refractivity contribution in [3.05, 3.63) is 0 Å². The molecule has 6 rings (SSSR count). The highest BCUT2D eigenvalue weighted by Crippen LogP contribution is 2.79. The van der Waals surface area contributed by atoms with Crippen LogP contribution in [0.25, 0.3) is 0 Å². The van der Waals surface area contributed by atoms with E-state index in [1.165, 1.54) is 19.3 Å². The molecule has 5 saturated carbocycles. The number of rotatable bonds is 0. The number of ether oxygens (including phenoxy) is 1. The minimum Gasteiger partial charge on any atom is -0.393 e. The van der Waals surface area contributed by atoms with E-state index in [2.05, 4.69) is 48.5 Å². The van der Waals surface area contributed by atoms with Gasteiger partial charge in [0.2, 0.25) is 0 Å². The number of aliphatic hydroxyl groups excluding tert-OH is 1. The lowest BCUT2D eigenvalue weighted by molar-refractivity contribution is -0.293. The second-order valence-corrected chi connectivity index (χ2v) is 15.5. The van der Waals surface area contributed by atoms with Crippen LogP contribution in [-0.2, 0) is 14.3 Å². The van der Waals surface area contributed by atoms with Crippen LogP contribution in [0.15, 0.2) is 0 Å². The Balaban J connectivity index is 1.50. The van der Waals surface area contributed by atoms with Crippen LogP contribution in [0.4, 0.5) is 0 Å². The normalized spacial score (nSPS) is 60.1. The Labute approximate surface area is 206 Å². The quantitative estimate of drug-likeness (QED) is 0.468. The summed E-state index contributed by atoms with van der Waals surface area (Å²) in [7, 11) is 0. The number of Topliss-reactive ketones (excluding diaryl/α,β-unsaturated/α-hetero) is 2. The third kappa shape index (κ3) is 2.49. The van der Waals surface area contributed by atoms with Crippen molar-refractivity contribution < 1.29 is 19.4 Å². The predicted molar refractivity (Wildman–Crippen MR) is 131 cm³/mol. The molecule has 0 aromatic rings. The summed E-state index contributed by atoms with van der Waals surface area (Å²) in [6.45, 7) is 17.1. The molecule has 0 radical (unpaired) electrons. The molecule has 11 unspecified atom stereocenters. The minimum absolute atomic E-state index is 0.00633. The van der Waals surface area contributed by atoms with E-state index in [0.717, 1.165) is 25.7 Å². The largest absolute Gasteiger partial charge is 0.393 e. The molecule has 11 atom stereocenters. The molecule has 0 aromatic heterocycles. The summed E-state index contributed by atoms with van der Waals surface area (Å²) in [5.74, 6) is 0.739. The van der Waals surface area contributed by atoms with Crippen molar-refractivity contribution in [2.24, 2.45) is 56.2 Å². The van der Waals surface area contributed by atoms with Gasteiger partial charge in [-0.25, -0.2) is 0 Å². The number of fused-ring (bicyclic) bond motifs is 8. The predicted octanol–water partition coefficient (Wildman–Crippen LogP) is 5.60. The van der Waals surface area contributed by atoms with Crippen molar-refractivity contribution in [1.82, 2.24) is 0 Å². The van der Waals surface area contributed by atoms with Crippen LogP contribution in [-0.4, -0.2) is 35.5 Å². The van der Waals surface area contributed by atoms with Gasteiger partial charge in [-0.15, -0.1) is 0 Å². The van der Waals surface area contributed by atoms with E-state index in [-0.39, 0.29) is 75.0 Å². The average Bonchev–Trinajstić information content (AvgIpc) is 3.11. The van der Waals surface area contributed by atoms with Crippen LogP contribution in [0, 0.1) is 56.2 Å². The number of aliphatic hydroxyl groups is 1. The van der Waals surface area contributed by atoms with Gasteiger partial charge in [0.1, 0.15) is 11.6 Å². The molecule has 34 heavy (non-hydrogen) atoms. The molecule has 2 bridgehead atoms. The Kier molecular flexibility index (Phi) is 4.57. The van der Waals surface area contributed by atoms with Crippen LogP contribution in [0.2, 0.25) is 0 Å². The molecule has 1 saturated heterocycles. The average molecular weight is 471 g/mol. The maximum absolute atomic E-state index is 13.7. The molecule has 5 aliphatic carbocycles. The Morgan fingerprint density at radius 3 is 2.29 bits per heavy atom. The third-order valence-electron chi connectivity index (χ3n) is 13.6. The monoisotopic (exact) mass is 470 g/mol. The molecule has 0 amide bonds. The van der Waals surface area contributed by atoms with Crippen molar-refractivity contribution in [2.75, 3.05) is 6.61 Å². The summed E-state index contributed by atoms with van der Waals surface area (Å²) in [5.41, 5.74) is -0.354. The standard InChI is InChI=1S/C30H46O4/c1-17-18(31)12-19(32)23-27(5)10-11-28(6)21-14-25(2,3)8-9-26(21,4)15-22(33)29(28,7)24(27)20-13-30(17,23)16-34-20/h17,20-24,33H,8-16H2,1-7H3. The molecular weight excluding hydrogens is 424 g/mol. The minimum atomic E-state index is -0.390. The molecule has 1 spiro atoms. The lowest BCUT2D eigenvalue weighted by atomic mass is 9.29. The van der Waals surface area contributed by atoms with Crippen LogP contribution in [0.3, 0.4) is 0 Å². The summed E-state index contributed by atoms with van der Waals surface area (Å²) < 4.78 is 6.63. The van der Waals surface area contributed by atoms with Gasteiger partial charge in [-0.1, -0.05) is 48.5 Å². The zero-order valence-electron chi connectivity index (χ0n) is 22.5. The lowest BCUT2D eigenvalue weighted by Gasteiger charge is -2.75. The second-order valence-electron chi connectivity index (χ2n) is 15.5. The molecule has 6 aliphatic rings. The van der Waals surface area contributed by atoms with Gasteiger partial charge in [-0.05, 0) is 78.4 Å². The van der Waals surface area contributed by atoms with Gasteiger partial charge in [0.25, 0.3) is 0 Å². The van der Waals surface area contributed by atoms with Crippen LogP contribution in [0.5, 0.6) is 0 Å². The smallest absolute Gasteiger partial charge is 0.144 e. The summed E-state index contributed by atoms with van der Waals surface area (Å²) in [4.78, 5) is 26.5. The van der Waals surface area contributed by atoms with Crippen molar-refractivity contribution in [1.29, 1.82) is 0 Å². The van der Waals surface area contributed by atoms with E-state index in [1.807, 2.05) is 0 Å². The highest BCUT2D eigenvalue weighted by atomic mass is 16.5. The number of hydrogen-bond donors (Lipinski definition) is 1. The zero-order chi connectivity index (χ0) is 24.7. The van der Waals surface area contributed by atoms with Crippen LogP contribution in [0.1, 0.15) is 99.8 Å². The summed E-state index contributed by atoms with van der Waals surface area (Å²) >= 11 is 0. The molecule has 4 heteroatoms. The number of carbonyl (C=O) groups is 2. The first-order valence-corrected chi connectivity index (χ1v) is 14.0. The lowest BCUT2D eigenvalue weighted by Crippen LogP contribution is -2.74. The van der Waals surface area contributed by atoms with Gasteiger partial charge in [0.15, 0.2) is 0 Å². The van der Waals surface area contributed by atoms with Gasteiger partial charge in [-0.3, -0.25) is 9.59 Å². The van der Waals surface area contributed by atoms with E-state index in [9.17, 15) is 14.7 Å². The third-order valence-corrected chi connectivity index (χ3v) is 13.6. The first-order chi connectivity index (χ1) is 15.6.